The lowest BCUT2D eigenvalue weighted by atomic mass is 9.98. The van der Waals surface area contributed by atoms with Crippen LogP contribution in [0, 0.1) is 12.8 Å². The molecule has 2 unspecified atom stereocenters. The summed E-state index contributed by atoms with van der Waals surface area (Å²) in [4.78, 5) is 25.4. The molecule has 2 aliphatic heterocycles. The summed E-state index contributed by atoms with van der Waals surface area (Å²) in [5, 5.41) is 7.07. The summed E-state index contributed by atoms with van der Waals surface area (Å²) in [5.74, 6) is 1.84. The summed E-state index contributed by atoms with van der Waals surface area (Å²) in [6, 6.07) is 3.76. The van der Waals surface area contributed by atoms with Crippen molar-refractivity contribution in [2.24, 2.45) is 5.92 Å². The molecule has 4 heterocycles. The van der Waals surface area contributed by atoms with E-state index < -0.39 is 0 Å². The third-order valence-corrected chi connectivity index (χ3v) is 5.26. The van der Waals surface area contributed by atoms with E-state index in [0.29, 0.717) is 19.8 Å². The predicted octanol–water partition coefficient (Wildman–Crippen LogP) is 0.269. The molecule has 4 rings (SSSR count). The summed E-state index contributed by atoms with van der Waals surface area (Å²) >= 11 is 0. The van der Waals surface area contributed by atoms with Gasteiger partial charge in [0, 0.05) is 57.0 Å². The van der Waals surface area contributed by atoms with E-state index in [9.17, 15) is 4.79 Å². The molecule has 2 fully saturated rings. The lowest BCUT2D eigenvalue weighted by molar-refractivity contribution is -0.123. The number of carbonyl (C=O) groups is 1. The van der Waals surface area contributed by atoms with E-state index >= 15 is 0 Å². The van der Waals surface area contributed by atoms with E-state index in [2.05, 4.69) is 30.2 Å². The average molecular weight is 386 g/mol. The number of nitrogens with zero attached hydrogens (tertiary/aromatic N) is 5. The largest absolute Gasteiger partial charge is 0.379 e. The molecule has 0 saturated carbocycles. The van der Waals surface area contributed by atoms with Gasteiger partial charge in [-0.15, -0.1) is 0 Å². The highest BCUT2D eigenvalue weighted by Gasteiger charge is 2.31. The Balaban J connectivity index is 1.23. The Labute approximate surface area is 164 Å². The van der Waals surface area contributed by atoms with Crippen molar-refractivity contribution in [3.63, 3.8) is 0 Å². The smallest absolute Gasteiger partial charge is 0.234 e. The van der Waals surface area contributed by atoms with Gasteiger partial charge in [-0.2, -0.15) is 0 Å². The number of amides is 1. The van der Waals surface area contributed by atoms with Gasteiger partial charge >= 0.3 is 0 Å². The molecule has 2 saturated heterocycles. The van der Waals surface area contributed by atoms with Crippen LogP contribution in [0.1, 0.15) is 11.5 Å². The molecule has 28 heavy (non-hydrogen) atoms. The topological polar surface area (TPSA) is 96.6 Å². The average Bonchev–Trinajstić information content (AvgIpc) is 3.32. The molecule has 1 amide bonds. The number of anilines is 1. The number of hydrogen-bond acceptors (Lipinski definition) is 8. The summed E-state index contributed by atoms with van der Waals surface area (Å²) in [6.45, 7) is 6.73. The molecular formula is C19H26N6O3. The van der Waals surface area contributed by atoms with Crippen molar-refractivity contribution in [3.05, 3.63) is 36.0 Å². The molecule has 2 aromatic rings. The molecular weight excluding hydrogens is 360 g/mol. The van der Waals surface area contributed by atoms with Crippen LogP contribution in [0.25, 0.3) is 0 Å². The van der Waals surface area contributed by atoms with Crippen LogP contribution >= 0.6 is 0 Å². The third kappa shape index (κ3) is 4.66. The minimum Gasteiger partial charge on any atom is -0.379 e. The zero-order valence-electron chi connectivity index (χ0n) is 16.1. The molecule has 150 valence electrons. The third-order valence-electron chi connectivity index (χ3n) is 5.26. The maximum Gasteiger partial charge on any atom is 0.234 e. The molecule has 9 heteroatoms. The second-order valence-corrected chi connectivity index (χ2v) is 7.42. The van der Waals surface area contributed by atoms with Gasteiger partial charge < -0.3 is 19.5 Å². The predicted molar refractivity (Wildman–Crippen MR) is 102 cm³/mol. The maximum atomic E-state index is 12.5. The lowest BCUT2D eigenvalue weighted by Gasteiger charge is -2.34. The lowest BCUT2D eigenvalue weighted by Crippen LogP contribution is -2.51. The van der Waals surface area contributed by atoms with Gasteiger partial charge in [-0.3, -0.25) is 9.69 Å². The molecule has 0 aliphatic carbocycles. The molecule has 9 nitrogen and oxygen atoms in total. The Morgan fingerprint density at radius 2 is 2.00 bits per heavy atom. The molecule has 0 radical (unpaired) electrons. The fourth-order valence-electron chi connectivity index (χ4n) is 3.75. The number of carbonyl (C=O) groups excluding carboxylic acids is 1. The number of aryl methyl sites for hydroxylation is 1. The first kappa shape index (κ1) is 18.8. The molecule has 0 spiro atoms. The van der Waals surface area contributed by atoms with Crippen molar-refractivity contribution in [2.45, 2.75) is 19.4 Å². The summed E-state index contributed by atoms with van der Waals surface area (Å²) in [5.41, 5.74) is 0.870. The van der Waals surface area contributed by atoms with Gasteiger partial charge in [-0.05, 0) is 13.0 Å². The number of piperazine rings is 1. The summed E-state index contributed by atoms with van der Waals surface area (Å²) < 4.78 is 10.9. The number of nitrogens with one attached hydrogen (secondary N) is 1. The zero-order chi connectivity index (χ0) is 19.3. The van der Waals surface area contributed by atoms with E-state index in [1.54, 1.807) is 12.4 Å². The highest BCUT2D eigenvalue weighted by molar-refractivity contribution is 5.78. The number of ether oxygens (including phenoxy) is 1. The Morgan fingerprint density at radius 3 is 2.71 bits per heavy atom. The first-order valence-electron chi connectivity index (χ1n) is 9.71. The molecule has 2 aliphatic rings. The molecule has 2 atom stereocenters. The minimum atomic E-state index is 0.0110. The van der Waals surface area contributed by atoms with E-state index in [4.69, 9.17) is 9.26 Å². The van der Waals surface area contributed by atoms with Crippen molar-refractivity contribution >= 4 is 11.9 Å². The van der Waals surface area contributed by atoms with Crippen LogP contribution in [0.2, 0.25) is 0 Å². The SMILES string of the molecule is Cc1cc(CC2COCC2NC(=O)CN2CCN(c3ncccn3)CC2)on1. The number of rotatable bonds is 6. The first-order chi connectivity index (χ1) is 13.7. The Bertz CT molecular complexity index is 775. The maximum absolute atomic E-state index is 12.5. The van der Waals surface area contributed by atoms with Gasteiger partial charge in [0.1, 0.15) is 5.76 Å². The molecule has 1 N–H and O–H groups in total. The van der Waals surface area contributed by atoms with Gasteiger partial charge in [0.15, 0.2) is 0 Å². The quantitative estimate of drug-likeness (QED) is 0.756. The number of aromatic nitrogens is 3. The van der Waals surface area contributed by atoms with E-state index in [1.807, 2.05) is 19.1 Å². The molecule has 0 bridgehead atoms. The number of hydrogen-bond donors (Lipinski definition) is 1. The van der Waals surface area contributed by atoms with Gasteiger partial charge in [0.05, 0.1) is 31.5 Å². The van der Waals surface area contributed by atoms with Gasteiger partial charge in [-0.25, -0.2) is 9.97 Å². The van der Waals surface area contributed by atoms with Crippen LogP contribution in [0.3, 0.4) is 0 Å². The van der Waals surface area contributed by atoms with Crippen LogP contribution in [0.15, 0.2) is 29.0 Å². The standard InChI is InChI=1S/C19H26N6O3/c1-14-9-16(28-23-14)10-15-12-27-13-17(15)22-18(26)11-24-5-7-25(8-6-24)19-20-3-2-4-21-19/h2-4,9,15,17H,5-8,10-13H2,1H3,(H,22,26). The Morgan fingerprint density at radius 1 is 1.21 bits per heavy atom. The van der Waals surface area contributed by atoms with Crippen LogP contribution in [0.4, 0.5) is 5.95 Å². The Hall–Kier alpha value is -2.52. The second kappa shape index (κ2) is 8.66. The molecule has 2 aromatic heterocycles. The fraction of sp³-hybridized carbons (Fsp3) is 0.579. The second-order valence-electron chi connectivity index (χ2n) is 7.42. The zero-order valence-corrected chi connectivity index (χ0v) is 16.1. The van der Waals surface area contributed by atoms with Crippen molar-refractivity contribution < 1.29 is 14.1 Å². The Kier molecular flexibility index (Phi) is 5.82. The highest BCUT2D eigenvalue weighted by Crippen LogP contribution is 2.20. The fourth-order valence-corrected chi connectivity index (χ4v) is 3.75. The normalized spacial score (nSPS) is 23.1. The van der Waals surface area contributed by atoms with Crippen molar-refractivity contribution in [3.8, 4) is 0 Å². The van der Waals surface area contributed by atoms with Crippen molar-refractivity contribution in [2.75, 3.05) is 50.8 Å². The van der Waals surface area contributed by atoms with Gasteiger partial charge in [0.2, 0.25) is 11.9 Å². The van der Waals surface area contributed by atoms with Gasteiger partial charge in [-0.1, -0.05) is 5.16 Å². The van der Waals surface area contributed by atoms with Crippen LogP contribution in [-0.4, -0.2) is 77.9 Å². The van der Waals surface area contributed by atoms with E-state index in [-0.39, 0.29) is 17.9 Å². The molecule has 0 aromatic carbocycles. The minimum absolute atomic E-state index is 0.0110. The van der Waals surface area contributed by atoms with Crippen molar-refractivity contribution in [1.82, 2.24) is 25.3 Å². The summed E-state index contributed by atoms with van der Waals surface area (Å²) in [7, 11) is 0. The highest BCUT2D eigenvalue weighted by atomic mass is 16.5. The monoisotopic (exact) mass is 386 g/mol. The van der Waals surface area contributed by atoms with Crippen LogP contribution in [-0.2, 0) is 16.0 Å². The summed E-state index contributed by atoms with van der Waals surface area (Å²) in [6.07, 6.45) is 4.23. The van der Waals surface area contributed by atoms with E-state index in [0.717, 1.165) is 50.0 Å². The van der Waals surface area contributed by atoms with Crippen LogP contribution < -0.4 is 10.2 Å². The van der Waals surface area contributed by atoms with Crippen LogP contribution in [0.5, 0.6) is 0 Å². The van der Waals surface area contributed by atoms with E-state index in [1.165, 1.54) is 0 Å². The van der Waals surface area contributed by atoms with Crippen molar-refractivity contribution in [1.29, 1.82) is 0 Å². The first-order valence-corrected chi connectivity index (χ1v) is 9.71. The van der Waals surface area contributed by atoms with Gasteiger partial charge in [0.25, 0.3) is 0 Å².